The van der Waals surface area contributed by atoms with Crippen LogP contribution < -0.4 is 4.90 Å². The minimum Gasteiger partial charge on any atom is -0.354 e. The van der Waals surface area contributed by atoms with Crippen molar-refractivity contribution in [3.63, 3.8) is 0 Å². The fourth-order valence-electron chi connectivity index (χ4n) is 1.51. The van der Waals surface area contributed by atoms with Crippen molar-refractivity contribution in [2.45, 2.75) is 6.92 Å². The van der Waals surface area contributed by atoms with Crippen molar-refractivity contribution in [2.24, 2.45) is 5.92 Å². The number of hydrogen-bond acceptors (Lipinski definition) is 2. The molecule has 0 aliphatic carbocycles. The maximum absolute atomic E-state index is 13.3. The molecule has 13 heavy (non-hydrogen) atoms. The van der Waals surface area contributed by atoms with E-state index in [9.17, 15) is 4.39 Å². The summed E-state index contributed by atoms with van der Waals surface area (Å²) in [4.78, 5) is 5.87. The highest BCUT2D eigenvalue weighted by atomic mass is 35.5. The minimum atomic E-state index is -0.334. The summed E-state index contributed by atoms with van der Waals surface area (Å²) in [6.45, 7) is 3.89. The molecule has 0 aromatic carbocycles. The molecule has 0 radical (unpaired) electrons. The topological polar surface area (TPSA) is 16.1 Å². The highest BCUT2D eigenvalue weighted by molar-refractivity contribution is 6.30. The molecule has 0 saturated carbocycles. The summed E-state index contributed by atoms with van der Waals surface area (Å²) >= 11 is 5.59. The summed E-state index contributed by atoms with van der Waals surface area (Å²) in [6, 6.07) is 1.30. The van der Waals surface area contributed by atoms with E-state index in [1.165, 1.54) is 12.3 Å². The van der Waals surface area contributed by atoms with Crippen LogP contribution in [0.1, 0.15) is 6.92 Å². The summed E-state index contributed by atoms with van der Waals surface area (Å²) < 4.78 is 13.3. The van der Waals surface area contributed by atoms with Crippen molar-refractivity contribution in [1.29, 1.82) is 0 Å². The zero-order valence-electron chi connectivity index (χ0n) is 7.30. The molecule has 1 saturated heterocycles. The van der Waals surface area contributed by atoms with Crippen molar-refractivity contribution in [3.8, 4) is 0 Å². The van der Waals surface area contributed by atoms with E-state index in [-0.39, 0.29) is 5.82 Å². The van der Waals surface area contributed by atoms with Crippen LogP contribution in [0.15, 0.2) is 12.3 Å². The second-order valence-electron chi connectivity index (χ2n) is 3.47. The number of pyridine rings is 1. The molecule has 4 heteroatoms. The van der Waals surface area contributed by atoms with Gasteiger partial charge in [-0.05, 0) is 12.0 Å². The third-order valence-electron chi connectivity index (χ3n) is 2.15. The quantitative estimate of drug-likeness (QED) is 0.692. The van der Waals surface area contributed by atoms with E-state index >= 15 is 0 Å². The Morgan fingerprint density at radius 2 is 2.31 bits per heavy atom. The SMILES string of the molecule is CC1CN(c2ncc(Cl)cc2F)C1. The molecular formula is C9H10ClFN2. The van der Waals surface area contributed by atoms with Crippen LogP contribution in [0.5, 0.6) is 0 Å². The van der Waals surface area contributed by atoms with Gasteiger partial charge in [0.2, 0.25) is 0 Å². The van der Waals surface area contributed by atoms with E-state index in [0.29, 0.717) is 16.8 Å². The van der Waals surface area contributed by atoms with E-state index < -0.39 is 0 Å². The maximum atomic E-state index is 13.3. The molecule has 1 aliphatic rings. The lowest BCUT2D eigenvalue weighted by molar-refractivity contribution is 0.434. The van der Waals surface area contributed by atoms with Gasteiger partial charge in [0, 0.05) is 19.3 Å². The highest BCUT2D eigenvalue weighted by Crippen LogP contribution is 2.25. The monoisotopic (exact) mass is 200 g/mol. The molecule has 2 rings (SSSR count). The van der Waals surface area contributed by atoms with Crippen molar-refractivity contribution < 1.29 is 4.39 Å². The first-order chi connectivity index (χ1) is 6.16. The van der Waals surface area contributed by atoms with Gasteiger partial charge < -0.3 is 4.90 Å². The van der Waals surface area contributed by atoms with Crippen LogP contribution in [0, 0.1) is 11.7 Å². The van der Waals surface area contributed by atoms with Crippen molar-refractivity contribution in [1.82, 2.24) is 4.98 Å². The average Bonchev–Trinajstić information content (AvgIpc) is 2.00. The lowest BCUT2D eigenvalue weighted by Crippen LogP contribution is -2.46. The first kappa shape index (κ1) is 8.75. The molecule has 2 nitrogen and oxygen atoms in total. The Kier molecular flexibility index (Phi) is 2.12. The van der Waals surface area contributed by atoms with Gasteiger partial charge in [0.05, 0.1) is 5.02 Å². The molecule has 0 unspecified atom stereocenters. The molecule has 0 spiro atoms. The van der Waals surface area contributed by atoms with Gasteiger partial charge in [-0.3, -0.25) is 0 Å². The number of hydrogen-bond donors (Lipinski definition) is 0. The van der Waals surface area contributed by atoms with Gasteiger partial charge in [0.25, 0.3) is 0 Å². The summed E-state index contributed by atoms with van der Waals surface area (Å²) in [5, 5.41) is 0.342. The first-order valence-corrected chi connectivity index (χ1v) is 4.60. The van der Waals surface area contributed by atoms with Gasteiger partial charge in [-0.2, -0.15) is 0 Å². The Balaban J connectivity index is 2.21. The van der Waals surface area contributed by atoms with E-state index in [0.717, 1.165) is 13.1 Å². The fourth-order valence-corrected chi connectivity index (χ4v) is 1.66. The lowest BCUT2D eigenvalue weighted by atomic mass is 10.0. The summed E-state index contributed by atoms with van der Waals surface area (Å²) in [5.41, 5.74) is 0. The Labute approximate surface area is 81.3 Å². The van der Waals surface area contributed by atoms with Gasteiger partial charge in [0.15, 0.2) is 11.6 Å². The number of rotatable bonds is 1. The molecule has 0 atom stereocenters. The molecule has 2 heterocycles. The molecule has 1 aliphatic heterocycles. The molecule has 0 N–H and O–H groups in total. The molecule has 1 fully saturated rings. The molecule has 0 bridgehead atoms. The standard InChI is InChI=1S/C9H10ClFN2/c1-6-4-13(5-6)9-8(11)2-7(10)3-12-9/h2-3,6H,4-5H2,1H3. The van der Waals surface area contributed by atoms with Crippen LogP contribution >= 0.6 is 11.6 Å². The highest BCUT2D eigenvalue weighted by Gasteiger charge is 2.25. The van der Waals surface area contributed by atoms with Crippen LogP contribution in [0.4, 0.5) is 10.2 Å². The van der Waals surface area contributed by atoms with Gasteiger partial charge in [-0.15, -0.1) is 0 Å². The van der Waals surface area contributed by atoms with Crippen LogP contribution in [0.25, 0.3) is 0 Å². The van der Waals surface area contributed by atoms with Gasteiger partial charge in [-0.1, -0.05) is 18.5 Å². The molecule has 0 amide bonds. The van der Waals surface area contributed by atoms with E-state index in [1.54, 1.807) is 0 Å². The fraction of sp³-hybridized carbons (Fsp3) is 0.444. The van der Waals surface area contributed by atoms with Crippen LogP contribution in [0.2, 0.25) is 5.02 Å². The Morgan fingerprint density at radius 1 is 1.62 bits per heavy atom. The number of halogens is 2. The van der Waals surface area contributed by atoms with Crippen LogP contribution in [-0.2, 0) is 0 Å². The predicted molar refractivity (Wildman–Crippen MR) is 50.6 cm³/mol. The molecule has 1 aromatic rings. The lowest BCUT2D eigenvalue weighted by Gasteiger charge is -2.38. The smallest absolute Gasteiger partial charge is 0.167 e. The van der Waals surface area contributed by atoms with E-state index in [1.807, 2.05) is 4.90 Å². The summed E-state index contributed by atoms with van der Waals surface area (Å²) in [6.07, 6.45) is 1.48. The van der Waals surface area contributed by atoms with Gasteiger partial charge >= 0.3 is 0 Å². The third kappa shape index (κ3) is 1.61. The Hall–Kier alpha value is -0.830. The van der Waals surface area contributed by atoms with Crippen molar-refractivity contribution in [2.75, 3.05) is 18.0 Å². The van der Waals surface area contributed by atoms with Crippen molar-refractivity contribution in [3.05, 3.63) is 23.1 Å². The van der Waals surface area contributed by atoms with Crippen LogP contribution in [-0.4, -0.2) is 18.1 Å². The van der Waals surface area contributed by atoms with E-state index in [2.05, 4.69) is 11.9 Å². The number of anilines is 1. The van der Waals surface area contributed by atoms with Gasteiger partial charge in [0.1, 0.15) is 0 Å². The zero-order valence-corrected chi connectivity index (χ0v) is 8.05. The largest absolute Gasteiger partial charge is 0.354 e. The van der Waals surface area contributed by atoms with Gasteiger partial charge in [-0.25, -0.2) is 9.37 Å². The maximum Gasteiger partial charge on any atom is 0.167 e. The average molecular weight is 201 g/mol. The normalized spacial score (nSPS) is 17.3. The number of nitrogens with zero attached hydrogens (tertiary/aromatic N) is 2. The van der Waals surface area contributed by atoms with E-state index in [4.69, 9.17) is 11.6 Å². The zero-order chi connectivity index (χ0) is 9.42. The van der Waals surface area contributed by atoms with Crippen molar-refractivity contribution >= 4 is 17.4 Å². The second-order valence-corrected chi connectivity index (χ2v) is 3.91. The minimum absolute atomic E-state index is 0.334. The van der Waals surface area contributed by atoms with Crippen LogP contribution in [0.3, 0.4) is 0 Å². The third-order valence-corrected chi connectivity index (χ3v) is 2.36. The molecule has 70 valence electrons. The molecule has 1 aromatic heterocycles. The number of aromatic nitrogens is 1. The Bertz CT molecular complexity index is 323. The predicted octanol–water partition coefficient (Wildman–Crippen LogP) is 2.33. The first-order valence-electron chi connectivity index (χ1n) is 4.23. The summed E-state index contributed by atoms with van der Waals surface area (Å²) in [5.74, 6) is 0.721. The second kappa shape index (κ2) is 3.14. The summed E-state index contributed by atoms with van der Waals surface area (Å²) in [7, 11) is 0. The molecular weight excluding hydrogens is 191 g/mol. The Morgan fingerprint density at radius 3 is 2.85 bits per heavy atom.